The fraction of sp³-hybridized carbons (Fsp3) is 0.625. The first-order chi connectivity index (χ1) is 5.09. The van der Waals surface area contributed by atoms with Crippen LogP contribution in [0.2, 0.25) is 0 Å². The minimum absolute atomic E-state index is 0.0418. The van der Waals surface area contributed by atoms with Gasteiger partial charge in [-0.3, -0.25) is 4.79 Å². The predicted octanol–water partition coefficient (Wildman–Crippen LogP) is 0.305. The van der Waals surface area contributed by atoms with E-state index in [9.17, 15) is 9.90 Å². The lowest BCUT2D eigenvalue weighted by atomic mass is 10.1. The van der Waals surface area contributed by atoms with Crippen LogP contribution in [0.15, 0.2) is 12.7 Å². The molecule has 0 aromatic carbocycles. The zero-order valence-electron chi connectivity index (χ0n) is 7.00. The fourth-order valence-electron chi connectivity index (χ4n) is 0.580. The molecule has 0 unspecified atom stereocenters. The summed E-state index contributed by atoms with van der Waals surface area (Å²) in [5.74, 6) is -0.375. The lowest BCUT2D eigenvalue weighted by molar-refractivity contribution is -0.131. The Morgan fingerprint density at radius 2 is 2.27 bits per heavy atom. The molecule has 0 radical (unpaired) electrons. The number of nitrogens with one attached hydrogen (secondary N) is 1. The van der Waals surface area contributed by atoms with E-state index in [0.717, 1.165) is 0 Å². The van der Waals surface area contributed by atoms with E-state index < -0.39 is 6.10 Å². The van der Waals surface area contributed by atoms with Crippen LogP contribution in [0, 0.1) is 5.92 Å². The molecule has 3 nitrogen and oxygen atoms in total. The Bertz CT molecular complexity index is 143. The summed E-state index contributed by atoms with van der Waals surface area (Å²) in [6.07, 6.45) is 0.667. The highest BCUT2D eigenvalue weighted by Gasteiger charge is 2.17. The molecule has 11 heavy (non-hydrogen) atoms. The average molecular weight is 157 g/mol. The van der Waals surface area contributed by atoms with Crippen LogP contribution >= 0.6 is 0 Å². The van der Waals surface area contributed by atoms with E-state index in [1.54, 1.807) is 19.9 Å². The quantitative estimate of drug-likeness (QED) is 0.577. The van der Waals surface area contributed by atoms with Gasteiger partial charge in [-0.2, -0.15) is 0 Å². The van der Waals surface area contributed by atoms with Crippen molar-refractivity contribution in [3.8, 4) is 0 Å². The van der Waals surface area contributed by atoms with Crippen molar-refractivity contribution in [3.05, 3.63) is 12.7 Å². The first-order valence-electron chi connectivity index (χ1n) is 3.66. The van der Waals surface area contributed by atoms with Crippen LogP contribution in [0.25, 0.3) is 0 Å². The van der Waals surface area contributed by atoms with Crippen LogP contribution < -0.4 is 5.32 Å². The molecular formula is C8H15NO2. The molecule has 0 spiro atoms. The van der Waals surface area contributed by atoms with Crippen LogP contribution in [0.1, 0.15) is 13.8 Å². The van der Waals surface area contributed by atoms with Crippen LogP contribution in [0.3, 0.4) is 0 Å². The molecule has 0 bridgehead atoms. The molecular weight excluding hydrogens is 142 g/mol. The summed E-state index contributed by atoms with van der Waals surface area (Å²) in [6.45, 7) is 7.43. The Morgan fingerprint density at radius 3 is 2.64 bits per heavy atom. The molecule has 0 rings (SSSR count). The maximum absolute atomic E-state index is 10.9. The van der Waals surface area contributed by atoms with E-state index in [1.807, 2.05) is 0 Å². The Balaban J connectivity index is 3.73. The van der Waals surface area contributed by atoms with Crippen molar-refractivity contribution in [1.82, 2.24) is 5.32 Å². The second-order valence-electron chi connectivity index (χ2n) is 2.72. The molecule has 0 aliphatic carbocycles. The molecule has 64 valence electrons. The SMILES string of the molecule is C=CCNC(=O)[C@@H](O)C(C)C. The van der Waals surface area contributed by atoms with Gasteiger partial charge in [0.05, 0.1) is 0 Å². The summed E-state index contributed by atoms with van der Waals surface area (Å²) >= 11 is 0. The highest BCUT2D eigenvalue weighted by Crippen LogP contribution is 1.99. The Labute approximate surface area is 67.1 Å². The summed E-state index contributed by atoms with van der Waals surface area (Å²) in [6, 6.07) is 0. The molecule has 0 saturated carbocycles. The second kappa shape index (κ2) is 4.91. The van der Waals surface area contributed by atoms with Gasteiger partial charge in [0.15, 0.2) is 0 Å². The number of rotatable bonds is 4. The number of carbonyl (C=O) groups is 1. The molecule has 2 N–H and O–H groups in total. The van der Waals surface area contributed by atoms with Gasteiger partial charge in [0.1, 0.15) is 6.10 Å². The van der Waals surface area contributed by atoms with Crippen LogP contribution in [-0.4, -0.2) is 23.7 Å². The summed E-state index contributed by atoms with van der Waals surface area (Å²) in [7, 11) is 0. The van der Waals surface area contributed by atoms with Gasteiger partial charge in [0.2, 0.25) is 5.91 Å². The number of aliphatic hydroxyl groups is 1. The Kier molecular flexibility index (Phi) is 4.54. The van der Waals surface area contributed by atoms with Crippen molar-refractivity contribution in [2.75, 3.05) is 6.54 Å². The number of amides is 1. The molecule has 0 aromatic rings. The molecule has 0 saturated heterocycles. The van der Waals surface area contributed by atoms with Gasteiger partial charge in [-0.25, -0.2) is 0 Å². The van der Waals surface area contributed by atoms with Gasteiger partial charge in [0, 0.05) is 6.54 Å². The third kappa shape index (κ3) is 3.78. The molecule has 0 aliphatic rings. The maximum atomic E-state index is 10.9. The topological polar surface area (TPSA) is 49.3 Å². The molecule has 0 heterocycles. The third-order valence-electron chi connectivity index (χ3n) is 1.32. The van der Waals surface area contributed by atoms with Crippen molar-refractivity contribution < 1.29 is 9.90 Å². The van der Waals surface area contributed by atoms with Crippen LogP contribution in [0.4, 0.5) is 0 Å². The van der Waals surface area contributed by atoms with Crippen molar-refractivity contribution in [1.29, 1.82) is 0 Å². The molecule has 3 heteroatoms. The number of hydrogen-bond acceptors (Lipinski definition) is 2. The summed E-state index contributed by atoms with van der Waals surface area (Å²) in [4.78, 5) is 10.9. The fourth-order valence-corrected chi connectivity index (χ4v) is 0.580. The number of carbonyl (C=O) groups excluding carboxylic acids is 1. The smallest absolute Gasteiger partial charge is 0.249 e. The normalized spacial score (nSPS) is 12.7. The molecule has 1 atom stereocenters. The highest BCUT2D eigenvalue weighted by atomic mass is 16.3. The first-order valence-corrected chi connectivity index (χ1v) is 3.66. The predicted molar refractivity (Wildman–Crippen MR) is 44.1 cm³/mol. The van der Waals surface area contributed by atoms with Gasteiger partial charge in [-0.15, -0.1) is 6.58 Å². The molecule has 0 aromatic heterocycles. The van der Waals surface area contributed by atoms with E-state index in [4.69, 9.17) is 0 Å². The largest absolute Gasteiger partial charge is 0.383 e. The Morgan fingerprint density at radius 1 is 1.73 bits per heavy atom. The molecule has 0 aliphatic heterocycles. The van der Waals surface area contributed by atoms with Crippen molar-refractivity contribution >= 4 is 5.91 Å². The number of hydrogen-bond donors (Lipinski definition) is 2. The summed E-state index contributed by atoms with van der Waals surface area (Å²) in [5.41, 5.74) is 0. The molecule has 0 fully saturated rings. The van der Waals surface area contributed by atoms with Gasteiger partial charge in [-0.05, 0) is 5.92 Å². The van der Waals surface area contributed by atoms with Crippen molar-refractivity contribution in [2.24, 2.45) is 5.92 Å². The van der Waals surface area contributed by atoms with Gasteiger partial charge in [-0.1, -0.05) is 19.9 Å². The second-order valence-corrected chi connectivity index (χ2v) is 2.72. The number of aliphatic hydroxyl groups excluding tert-OH is 1. The highest BCUT2D eigenvalue weighted by molar-refractivity contribution is 5.80. The van der Waals surface area contributed by atoms with Gasteiger partial charge in [0.25, 0.3) is 0 Å². The first kappa shape index (κ1) is 10.2. The van der Waals surface area contributed by atoms with E-state index in [0.29, 0.717) is 6.54 Å². The average Bonchev–Trinajstić information content (AvgIpc) is 1.98. The zero-order valence-corrected chi connectivity index (χ0v) is 7.00. The van der Waals surface area contributed by atoms with Crippen LogP contribution in [0.5, 0.6) is 0 Å². The van der Waals surface area contributed by atoms with Crippen molar-refractivity contribution in [2.45, 2.75) is 20.0 Å². The van der Waals surface area contributed by atoms with E-state index >= 15 is 0 Å². The minimum atomic E-state index is -0.907. The zero-order chi connectivity index (χ0) is 8.85. The maximum Gasteiger partial charge on any atom is 0.249 e. The van der Waals surface area contributed by atoms with Crippen LogP contribution in [-0.2, 0) is 4.79 Å². The summed E-state index contributed by atoms with van der Waals surface area (Å²) < 4.78 is 0. The Hall–Kier alpha value is -0.830. The summed E-state index contributed by atoms with van der Waals surface area (Å²) in [5, 5.41) is 11.7. The van der Waals surface area contributed by atoms with Crippen molar-refractivity contribution in [3.63, 3.8) is 0 Å². The van der Waals surface area contributed by atoms with Gasteiger partial charge < -0.3 is 10.4 Å². The standard InChI is InChI=1S/C8H15NO2/c1-4-5-9-8(11)7(10)6(2)3/h4,6-7,10H,1,5H2,2-3H3,(H,9,11)/t7-/m0/s1. The third-order valence-corrected chi connectivity index (χ3v) is 1.32. The molecule has 1 amide bonds. The lowest BCUT2D eigenvalue weighted by Gasteiger charge is -2.12. The van der Waals surface area contributed by atoms with E-state index in [-0.39, 0.29) is 11.8 Å². The monoisotopic (exact) mass is 157 g/mol. The van der Waals surface area contributed by atoms with Gasteiger partial charge >= 0.3 is 0 Å². The lowest BCUT2D eigenvalue weighted by Crippen LogP contribution is -2.37. The van der Waals surface area contributed by atoms with E-state index in [2.05, 4.69) is 11.9 Å². The minimum Gasteiger partial charge on any atom is -0.383 e. The van der Waals surface area contributed by atoms with E-state index in [1.165, 1.54) is 0 Å².